The Balaban J connectivity index is 1.81. The van der Waals surface area contributed by atoms with Crippen LogP contribution < -0.4 is 0 Å². The quantitative estimate of drug-likeness (QED) is 0.375. The standard InChI is InChI=1S/C26H19/c1-18-17-21-13-8-16-24(26(21)25(18)20-10-3-2-4-11-20)23-15-7-12-19-9-5-6-14-22(19)23/h2-17H,1H3. The van der Waals surface area contributed by atoms with Crippen LogP contribution in [-0.2, 0) is 0 Å². The average molecular weight is 331 g/mol. The number of hydrogen-bond acceptors (Lipinski definition) is 0. The minimum atomic E-state index is 1.28. The van der Waals surface area contributed by atoms with Gasteiger partial charge in [0.2, 0.25) is 0 Å². The molecule has 0 aliphatic heterocycles. The Hall–Kier alpha value is -3.12. The predicted octanol–water partition coefficient (Wildman–Crippen LogP) is 6.89. The Bertz CT molecular complexity index is 1140. The maximum Gasteiger partial charge on any atom is 0.0168 e. The summed E-state index contributed by atoms with van der Waals surface area (Å²) in [5, 5.41) is 2.59. The van der Waals surface area contributed by atoms with Gasteiger partial charge in [-0.25, -0.2) is 0 Å². The second kappa shape index (κ2) is 6.00. The fraction of sp³-hybridized carbons (Fsp3) is 0.0385. The van der Waals surface area contributed by atoms with E-state index in [9.17, 15) is 0 Å². The summed E-state index contributed by atoms with van der Waals surface area (Å²) in [5.41, 5.74) is 9.25. The first-order valence-corrected chi connectivity index (χ1v) is 9.05. The number of fused-ring (bicyclic) bond motifs is 2. The highest BCUT2D eigenvalue weighted by Gasteiger charge is 2.24. The Kier molecular flexibility index (Phi) is 3.50. The number of allylic oxidation sites excluding steroid dienone is 1. The molecule has 0 nitrogen and oxygen atoms in total. The lowest BCUT2D eigenvalue weighted by molar-refractivity contribution is 1.44. The predicted molar refractivity (Wildman–Crippen MR) is 111 cm³/mol. The Labute approximate surface area is 154 Å². The van der Waals surface area contributed by atoms with Gasteiger partial charge in [0.25, 0.3) is 0 Å². The van der Waals surface area contributed by atoms with Gasteiger partial charge in [-0.15, -0.1) is 0 Å². The zero-order chi connectivity index (χ0) is 17.5. The Morgan fingerprint density at radius 1 is 0.577 bits per heavy atom. The van der Waals surface area contributed by atoms with Crippen molar-refractivity contribution in [3.05, 3.63) is 120 Å². The van der Waals surface area contributed by atoms with Crippen LogP contribution >= 0.6 is 0 Å². The zero-order valence-electron chi connectivity index (χ0n) is 14.7. The summed E-state index contributed by atoms with van der Waals surface area (Å²) in [5.74, 6) is 0. The molecule has 0 spiro atoms. The molecule has 0 fully saturated rings. The van der Waals surface area contributed by atoms with E-state index in [1.54, 1.807) is 0 Å². The van der Waals surface area contributed by atoms with Crippen LogP contribution in [0.1, 0.15) is 23.6 Å². The lowest BCUT2D eigenvalue weighted by Gasteiger charge is -2.15. The van der Waals surface area contributed by atoms with Gasteiger partial charge in [0.1, 0.15) is 0 Å². The van der Waals surface area contributed by atoms with Gasteiger partial charge < -0.3 is 0 Å². The highest BCUT2D eigenvalue weighted by molar-refractivity contribution is 6.03. The van der Waals surface area contributed by atoms with E-state index in [1.807, 2.05) is 0 Å². The van der Waals surface area contributed by atoms with Gasteiger partial charge in [-0.2, -0.15) is 0 Å². The molecule has 5 rings (SSSR count). The van der Waals surface area contributed by atoms with E-state index in [0.717, 1.165) is 0 Å². The topological polar surface area (TPSA) is 0 Å². The Morgan fingerprint density at radius 2 is 1.27 bits per heavy atom. The van der Waals surface area contributed by atoms with Crippen molar-refractivity contribution in [1.82, 2.24) is 0 Å². The fourth-order valence-corrected chi connectivity index (χ4v) is 4.13. The fourth-order valence-electron chi connectivity index (χ4n) is 4.13. The van der Waals surface area contributed by atoms with Gasteiger partial charge in [0.15, 0.2) is 0 Å². The molecule has 0 saturated carbocycles. The van der Waals surface area contributed by atoms with Crippen molar-refractivity contribution in [3.8, 4) is 11.1 Å². The van der Waals surface area contributed by atoms with Crippen molar-refractivity contribution in [2.75, 3.05) is 0 Å². The molecular formula is C26H19. The van der Waals surface area contributed by atoms with Gasteiger partial charge >= 0.3 is 0 Å². The second-order valence-corrected chi connectivity index (χ2v) is 6.86. The first kappa shape index (κ1) is 15.2. The van der Waals surface area contributed by atoms with Crippen molar-refractivity contribution in [2.45, 2.75) is 6.92 Å². The number of hydrogen-bond donors (Lipinski definition) is 0. The molecule has 1 radical (unpaired) electrons. The van der Waals surface area contributed by atoms with Crippen LogP contribution in [0.5, 0.6) is 0 Å². The van der Waals surface area contributed by atoms with Crippen molar-refractivity contribution in [2.24, 2.45) is 0 Å². The van der Waals surface area contributed by atoms with Crippen LogP contribution in [0.25, 0.3) is 27.5 Å². The van der Waals surface area contributed by atoms with Crippen LogP contribution in [-0.4, -0.2) is 0 Å². The largest absolute Gasteiger partial charge is 0.0622 e. The highest BCUT2D eigenvalue weighted by Crippen LogP contribution is 2.44. The maximum atomic E-state index is 2.31. The summed E-state index contributed by atoms with van der Waals surface area (Å²) in [6, 6.07) is 32.6. The van der Waals surface area contributed by atoms with Crippen molar-refractivity contribution in [3.63, 3.8) is 0 Å². The molecule has 1 aliphatic rings. The van der Waals surface area contributed by atoms with Gasteiger partial charge in [-0.3, -0.25) is 0 Å². The molecule has 123 valence electrons. The lowest BCUT2D eigenvalue weighted by Crippen LogP contribution is -1.93. The maximum absolute atomic E-state index is 2.31. The van der Waals surface area contributed by atoms with Gasteiger partial charge in [-0.05, 0) is 51.1 Å². The SMILES string of the molecule is CC1=C(c2ccccc2)c2c(cccc2-c2cccc3ccccc23)[CH]1. The molecule has 4 aromatic rings. The highest BCUT2D eigenvalue weighted by atomic mass is 14.3. The van der Waals surface area contributed by atoms with Crippen LogP contribution in [0.15, 0.2) is 96.6 Å². The molecular weight excluding hydrogens is 312 g/mol. The summed E-state index contributed by atoms with van der Waals surface area (Å²) in [4.78, 5) is 0. The first-order valence-electron chi connectivity index (χ1n) is 9.05. The summed E-state index contributed by atoms with van der Waals surface area (Å²) >= 11 is 0. The van der Waals surface area contributed by atoms with Crippen molar-refractivity contribution >= 4 is 16.3 Å². The molecule has 0 aromatic heterocycles. The van der Waals surface area contributed by atoms with Crippen molar-refractivity contribution < 1.29 is 0 Å². The van der Waals surface area contributed by atoms with E-state index in [-0.39, 0.29) is 0 Å². The summed E-state index contributed by atoms with van der Waals surface area (Å²) in [6.07, 6.45) is 2.31. The lowest BCUT2D eigenvalue weighted by atomic mass is 9.88. The molecule has 0 bridgehead atoms. The summed E-state index contributed by atoms with van der Waals surface area (Å²) < 4.78 is 0. The molecule has 4 aromatic carbocycles. The van der Waals surface area contributed by atoms with E-state index in [4.69, 9.17) is 0 Å². The van der Waals surface area contributed by atoms with Gasteiger partial charge in [0.05, 0.1) is 0 Å². The molecule has 26 heavy (non-hydrogen) atoms. The van der Waals surface area contributed by atoms with Crippen LogP contribution in [0.2, 0.25) is 0 Å². The zero-order valence-corrected chi connectivity index (χ0v) is 14.7. The molecule has 0 N–H and O–H groups in total. The number of benzene rings is 4. The molecule has 0 unspecified atom stereocenters. The summed E-state index contributed by atoms with van der Waals surface area (Å²) in [7, 11) is 0. The monoisotopic (exact) mass is 331 g/mol. The van der Waals surface area contributed by atoms with Crippen LogP contribution in [0.4, 0.5) is 0 Å². The van der Waals surface area contributed by atoms with E-state index >= 15 is 0 Å². The van der Waals surface area contributed by atoms with E-state index in [2.05, 4.69) is 104 Å². The van der Waals surface area contributed by atoms with Crippen molar-refractivity contribution in [1.29, 1.82) is 0 Å². The average Bonchev–Trinajstić information content (AvgIpc) is 3.04. The minimum absolute atomic E-state index is 1.28. The van der Waals surface area contributed by atoms with Gasteiger partial charge in [-0.1, -0.05) is 96.6 Å². The molecule has 0 atom stereocenters. The normalized spacial score (nSPS) is 13.3. The summed E-state index contributed by atoms with van der Waals surface area (Å²) in [6.45, 7) is 2.22. The van der Waals surface area contributed by atoms with E-state index in [1.165, 1.54) is 49.7 Å². The third kappa shape index (κ3) is 2.30. The second-order valence-electron chi connectivity index (χ2n) is 6.86. The molecule has 0 amide bonds. The minimum Gasteiger partial charge on any atom is -0.0622 e. The van der Waals surface area contributed by atoms with E-state index < -0.39 is 0 Å². The third-order valence-corrected chi connectivity index (χ3v) is 5.26. The molecule has 0 heterocycles. The first-order chi connectivity index (χ1) is 12.8. The van der Waals surface area contributed by atoms with Crippen LogP contribution in [0.3, 0.4) is 0 Å². The third-order valence-electron chi connectivity index (χ3n) is 5.26. The Morgan fingerprint density at radius 3 is 2.15 bits per heavy atom. The molecule has 0 saturated heterocycles. The van der Waals surface area contributed by atoms with E-state index in [0.29, 0.717) is 0 Å². The molecule has 1 aliphatic carbocycles. The number of rotatable bonds is 2. The van der Waals surface area contributed by atoms with Gasteiger partial charge in [0, 0.05) is 6.42 Å². The molecule has 0 heteroatoms. The van der Waals surface area contributed by atoms with Crippen LogP contribution in [0, 0.1) is 6.42 Å². The smallest absolute Gasteiger partial charge is 0.0168 e.